The highest BCUT2D eigenvalue weighted by atomic mass is 16.5. The lowest BCUT2D eigenvalue weighted by molar-refractivity contribution is 0.303. The normalized spacial score (nSPS) is 9.55. The molecule has 0 amide bonds. The van der Waals surface area contributed by atoms with Crippen molar-refractivity contribution in [1.29, 1.82) is 0 Å². The Morgan fingerprint density at radius 3 is 1.77 bits per heavy atom. The van der Waals surface area contributed by atoms with Gasteiger partial charge in [0.1, 0.15) is 31.3 Å². The second-order valence-corrected chi connectivity index (χ2v) is 4.62. The molecule has 4 heteroatoms. The summed E-state index contributed by atoms with van der Waals surface area (Å²) in [6, 6.07) is 3.57. The largest absolute Gasteiger partial charge is 0.487 e. The smallest absolute Gasteiger partial charge is 0.165 e. The predicted octanol–water partition coefficient (Wildman–Crippen LogP) is 4.49. The summed E-state index contributed by atoms with van der Waals surface area (Å²) in [4.78, 5) is 4.48. The number of nitrogens with zero attached hydrogens (tertiary/aromatic N) is 1. The number of aliphatic imine (C=N–C) groups is 1. The molecule has 0 fully saturated rings. The molecule has 0 N–H and O–H groups in total. The van der Waals surface area contributed by atoms with Crippen molar-refractivity contribution in [2.24, 2.45) is 4.99 Å². The minimum Gasteiger partial charge on any atom is -0.487 e. The molecule has 0 atom stereocenters. The van der Waals surface area contributed by atoms with Crippen molar-refractivity contribution >= 4 is 11.4 Å². The first-order valence-corrected chi connectivity index (χ1v) is 7.03. The summed E-state index contributed by atoms with van der Waals surface area (Å²) in [6.07, 6.45) is 5.02. The van der Waals surface area contributed by atoms with Crippen LogP contribution in [0.2, 0.25) is 0 Å². The van der Waals surface area contributed by atoms with E-state index in [1.807, 2.05) is 13.8 Å². The molecule has 0 saturated carbocycles. The molecule has 22 heavy (non-hydrogen) atoms. The zero-order chi connectivity index (χ0) is 16.4. The molecule has 0 radical (unpaired) electrons. The zero-order valence-corrected chi connectivity index (χ0v) is 13.3. The molecule has 0 aliphatic rings. The molecule has 0 spiro atoms. The molecule has 0 aliphatic heterocycles. The van der Waals surface area contributed by atoms with E-state index >= 15 is 0 Å². The molecule has 0 unspecified atom stereocenters. The third-order valence-electron chi connectivity index (χ3n) is 2.44. The highest BCUT2D eigenvalue weighted by Crippen LogP contribution is 2.40. The molecule has 0 heterocycles. The fourth-order valence-electron chi connectivity index (χ4n) is 1.65. The highest BCUT2D eigenvalue weighted by Gasteiger charge is 2.13. The Balaban J connectivity index is 3.26. The van der Waals surface area contributed by atoms with Crippen LogP contribution in [0, 0.1) is 0 Å². The van der Waals surface area contributed by atoms with Crippen LogP contribution in [0.15, 0.2) is 55.1 Å². The van der Waals surface area contributed by atoms with E-state index < -0.39 is 0 Å². The summed E-state index contributed by atoms with van der Waals surface area (Å²) in [5.41, 5.74) is 1.60. The van der Waals surface area contributed by atoms with E-state index in [1.165, 1.54) is 0 Å². The van der Waals surface area contributed by atoms with Gasteiger partial charge in [0.05, 0.1) is 0 Å². The first kappa shape index (κ1) is 17.6. The summed E-state index contributed by atoms with van der Waals surface area (Å²) in [5, 5.41) is 0. The van der Waals surface area contributed by atoms with Crippen LogP contribution in [0.4, 0.5) is 5.69 Å². The third-order valence-corrected chi connectivity index (χ3v) is 2.44. The van der Waals surface area contributed by atoms with Crippen LogP contribution >= 0.6 is 0 Å². The van der Waals surface area contributed by atoms with E-state index in [0.717, 1.165) is 5.71 Å². The van der Waals surface area contributed by atoms with Crippen LogP contribution in [0.1, 0.15) is 13.8 Å². The van der Waals surface area contributed by atoms with E-state index in [0.29, 0.717) is 42.8 Å². The zero-order valence-electron chi connectivity index (χ0n) is 13.3. The topological polar surface area (TPSA) is 40.0 Å². The van der Waals surface area contributed by atoms with E-state index in [1.54, 1.807) is 30.4 Å². The summed E-state index contributed by atoms with van der Waals surface area (Å²) < 4.78 is 16.9. The van der Waals surface area contributed by atoms with Crippen molar-refractivity contribution in [2.75, 3.05) is 19.8 Å². The van der Waals surface area contributed by atoms with Crippen LogP contribution in [-0.2, 0) is 0 Å². The fourth-order valence-corrected chi connectivity index (χ4v) is 1.65. The van der Waals surface area contributed by atoms with Gasteiger partial charge in [0.15, 0.2) is 11.5 Å². The molecule has 0 bridgehead atoms. The van der Waals surface area contributed by atoms with E-state index in [2.05, 4.69) is 24.7 Å². The van der Waals surface area contributed by atoms with Gasteiger partial charge in [-0.1, -0.05) is 38.0 Å². The Labute approximate surface area is 132 Å². The average Bonchev–Trinajstić information content (AvgIpc) is 2.49. The molecular weight excluding hydrogens is 278 g/mol. The minimum atomic E-state index is 0.376. The lowest BCUT2D eigenvalue weighted by Crippen LogP contribution is -2.01. The highest BCUT2D eigenvalue weighted by molar-refractivity contribution is 5.83. The van der Waals surface area contributed by atoms with Gasteiger partial charge in [-0.25, -0.2) is 0 Å². The monoisotopic (exact) mass is 301 g/mol. The van der Waals surface area contributed by atoms with Crippen LogP contribution in [0.5, 0.6) is 17.2 Å². The molecule has 0 aromatic heterocycles. The summed E-state index contributed by atoms with van der Waals surface area (Å²) in [6.45, 7) is 15.9. The van der Waals surface area contributed by atoms with Crippen LogP contribution in [-0.4, -0.2) is 25.5 Å². The quantitative estimate of drug-likeness (QED) is 0.472. The summed E-state index contributed by atoms with van der Waals surface area (Å²) >= 11 is 0. The number of benzene rings is 1. The van der Waals surface area contributed by atoms with Crippen molar-refractivity contribution in [3.63, 3.8) is 0 Å². The predicted molar refractivity (Wildman–Crippen MR) is 92.0 cm³/mol. The number of ether oxygens (including phenoxy) is 3. The Kier molecular flexibility index (Phi) is 7.54. The Morgan fingerprint density at radius 1 is 0.864 bits per heavy atom. The summed E-state index contributed by atoms with van der Waals surface area (Å²) in [5.74, 6) is 1.78. The molecule has 4 nitrogen and oxygen atoms in total. The van der Waals surface area contributed by atoms with Gasteiger partial charge >= 0.3 is 0 Å². The van der Waals surface area contributed by atoms with Gasteiger partial charge in [-0.3, -0.25) is 4.99 Å². The van der Waals surface area contributed by atoms with Crippen molar-refractivity contribution in [2.45, 2.75) is 13.8 Å². The van der Waals surface area contributed by atoms with E-state index in [4.69, 9.17) is 14.2 Å². The molecule has 118 valence electrons. The van der Waals surface area contributed by atoms with Crippen LogP contribution in [0.3, 0.4) is 0 Å². The number of hydrogen-bond acceptors (Lipinski definition) is 4. The first-order chi connectivity index (χ1) is 10.6. The van der Waals surface area contributed by atoms with Crippen molar-refractivity contribution < 1.29 is 14.2 Å². The van der Waals surface area contributed by atoms with Crippen LogP contribution in [0.25, 0.3) is 0 Å². The minimum absolute atomic E-state index is 0.376. The molecule has 1 aromatic rings. The van der Waals surface area contributed by atoms with Gasteiger partial charge in [-0.05, 0) is 13.8 Å². The summed E-state index contributed by atoms with van der Waals surface area (Å²) in [7, 11) is 0. The molecule has 1 rings (SSSR count). The SMILES string of the molecule is C=CCOc1cc(OCC=C)c(OCC=C)cc1N=C(C)C. The van der Waals surface area contributed by atoms with Gasteiger partial charge in [0.2, 0.25) is 0 Å². The number of hydrogen-bond donors (Lipinski definition) is 0. The first-order valence-electron chi connectivity index (χ1n) is 7.03. The second kappa shape index (κ2) is 9.45. The van der Waals surface area contributed by atoms with Crippen LogP contribution < -0.4 is 14.2 Å². The van der Waals surface area contributed by atoms with E-state index in [-0.39, 0.29) is 0 Å². The van der Waals surface area contributed by atoms with E-state index in [9.17, 15) is 0 Å². The maximum atomic E-state index is 5.66. The standard InChI is InChI=1S/C18H23NO3/c1-6-9-20-16-13-18(22-11-8-3)17(21-10-7-2)12-15(16)19-14(4)5/h6-8,12-13H,1-3,9-11H2,4-5H3. The Morgan fingerprint density at radius 2 is 1.32 bits per heavy atom. The maximum absolute atomic E-state index is 5.66. The maximum Gasteiger partial charge on any atom is 0.165 e. The average molecular weight is 301 g/mol. The molecule has 0 saturated heterocycles. The Bertz CT molecular complexity index is 558. The Hall–Kier alpha value is -2.49. The number of rotatable bonds is 10. The molecular formula is C18H23NO3. The van der Waals surface area contributed by atoms with Crippen molar-refractivity contribution in [3.05, 3.63) is 50.1 Å². The molecule has 0 aliphatic carbocycles. The van der Waals surface area contributed by atoms with Crippen molar-refractivity contribution in [1.82, 2.24) is 0 Å². The molecule has 1 aromatic carbocycles. The van der Waals surface area contributed by atoms with Gasteiger partial charge < -0.3 is 14.2 Å². The van der Waals surface area contributed by atoms with Gasteiger partial charge in [0, 0.05) is 17.8 Å². The van der Waals surface area contributed by atoms with Gasteiger partial charge in [-0.15, -0.1) is 0 Å². The van der Waals surface area contributed by atoms with Gasteiger partial charge in [0.25, 0.3) is 0 Å². The van der Waals surface area contributed by atoms with Crippen molar-refractivity contribution in [3.8, 4) is 17.2 Å². The second-order valence-electron chi connectivity index (χ2n) is 4.62. The lowest BCUT2D eigenvalue weighted by atomic mass is 10.2. The fraction of sp³-hybridized carbons (Fsp3) is 0.278. The lowest BCUT2D eigenvalue weighted by Gasteiger charge is -2.15. The third kappa shape index (κ3) is 5.48. The van der Waals surface area contributed by atoms with Gasteiger partial charge in [-0.2, -0.15) is 0 Å².